The molecule has 1 aromatic rings. The van der Waals surface area contributed by atoms with E-state index in [2.05, 4.69) is 17.6 Å². The molecule has 1 amide bonds. The zero-order chi connectivity index (χ0) is 13.2. The van der Waals surface area contributed by atoms with Gasteiger partial charge in [0.05, 0.1) is 5.92 Å². The monoisotopic (exact) mass is 262 g/mol. The molecule has 2 aliphatic heterocycles. The van der Waals surface area contributed by atoms with Crippen LogP contribution in [0.3, 0.4) is 0 Å². The molecule has 19 heavy (non-hydrogen) atoms. The van der Waals surface area contributed by atoms with Gasteiger partial charge in [-0.15, -0.1) is 0 Å². The lowest BCUT2D eigenvalue weighted by Gasteiger charge is -2.14. The molecule has 0 spiro atoms. The van der Waals surface area contributed by atoms with Crippen molar-refractivity contribution in [1.82, 2.24) is 10.6 Å². The maximum Gasteiger partial charge on any atom is 0.231 e. The third-order valence-electron chi connectivity index (χ3n) is 3.79. The Bertz CT molecular complexity index is 490. The Morgan fingerprint density at radius 1 is 1.42 bits per heavy atom. The summed E-state index contributed by atoms with van der Waals surface area (Å²) in [5.74, 6) is 2.06. The summed E-state index contributed by atoms with van der Waals surface area (Å²) in [6.07, 6.45) is 0. The number of amides is 1. The van der Waals surface area contributed by atoms with Crippen LogP contribution in [0.4, 0.5) is 0 Å². The summed E-state index contributed by atoms with van der Waals surface area (Å²) >= 11 is 0. The van der Waals surface area contributed by atoms with Crippen molar-refractivity contribution in [2.75, 3.05) is 19.9 Å². The van der Waals surface area contributed by atoms with Gasteiger partial charge in [-0.3, -0.25) is 4.79 Å². The summed E-state index contributed by atoms with van der Waals surface area (Å²) in [5, 5.41) is 6.22. The number of hydrogen-bond donors (Lipinski definition) is 2. The van der Waals surface area contributed by atoms with E-state index in [1.165, 1.54) is 0 Å². The Morgan fingerprint density at radius 2 is 2.32 bits per heavy atom. The number of nitrogens with one attached hydrogen (secondary N) is 2. The summed E-state index contributed by atoms with van der Waals surface area (Å²) in [7, 11) is 0. The first-order valence-corrected chi connectivity index (χ1v) is 6.61. The average Bonchev–Trinajstić information content (AvgIpc) is 3.04. The average molecular weight is 262 g/mol. The first-order valence-electron chi connectivity index (χ1n) is 6.61. The van der Waals surface area contributed by atoms with Crippen LogP contribution >= 0.6 is 0 Å². The van der Waals surface area contributed by atoms with Crippen LogP contribution in [0.2, 0.25) is 0 Å². The third-order valence-corrected chi connectivity index (χ3v) is 3.79. The molecule has 1 aromatic carbocycles. The Labute approximate surface area is 112 Å². The standard InChI is InChI=1S/C14H18N2O3/c1-9-5-15-7-11(9)14(17)16-6-10-3-2-4-12-13(10)19-8-18-12/h2-4,9,11,15H,5-8H2,1H3,(H,16,17). The molecular formula is C14H18N2O3. The highest BCUT2D eigenvalue weighted by Gasteiger charge is 2.29. The highest BCUT2D eigenvalue weighted by Crippen LogP contribution is 2.35. The lowest BCUT2D eigenvalue weighted by Crippen LogP contribution is -2.33. The van der Waals surface area contributed by atoms with E-state index in [9.17, 15) is 4.79 Å². The maximum absolute atomic E-state index is 12.1. The lowest BCUT2D eigenvalue weighted by atomic mass is 9.97. The van der Waals surface area contributed by atoms with Crippen LogP contribution in [0.25, 0.3) is 0 Å². The number of carbonyl (C=O) groups excluding carboxylic acids is 1. The fraction of sp³-hybridized carbons (Fsp3) is 0.500. The van der Waals surface area contributed by atoms with Crippen LogP contribution < -0.4 is 20.1 Å². The first-order chi connectivity index (χ1) is 9.25. The van der Waals surface area contributed by atoms with E-state index in [1.54, 1.807) is 0 Å². The minimum atomic E-state index is 0.0638. The van der Waals surface area contributed by atoms with Crippen molar-refractivity contribution in [3.05, 3.63) is 23.8 Å². The molecule has 5 nitrogen and oxygen atoms in total. The Balaban J connectivity index is 1.63. The minimum absolute atomic E-state index is 0.0638. The summed E-state index contributed by atoms with van der Waals surface area (Å²) in [6, 6.07) is 5.73. The molecule has 2 heterocycles. The van der Waals surface area contributed by atoms with E-state index in [0.29, 0.717) is 12.5 Å². The van der Waals surface area contributed by atoms with Crippen molar-refractivity contribution < 1.29 is 14.3 Å². The van der Waals surface area contributed by atoms with Crippen molar-refractivity contribution in [2.45, 2.75) is 13.5 Å². The van der Waals surface area contributed by atoms with E-state index < -0.39 is 0 Å². The molecule has 0 saturated carbocycles. The minimum Gasteiger partial charge on any atom is -0.454 e. The topological polar surface area (TPSA) is 59.6 Å². The number of fused-ring (bicyclic) bond motifs is 1. The second kappa shape index (κ2) is 5.09. The van der Waals surface area contributed by atoms with E-state index >= 15 is 0 Å². The van der Waals surface area contributed by atoms with E-state index in [-0.39, 0.29) is 18.6 Å². The third kappa shape index (κ3) is 2.38. The lowest BCUT2D eigenvalue weighted by molar-refractivity contribution is -0.125. The normalized spacial score (nSPS) is 24.5. The van der Waals surface area contributed by atoms with Gasteiger partial charge < -0.3 is 20.1 Å². The van der Waals surface area contributed by atoms with Crippen molar-refractivity contribution in [2.24, 2.45) is 11.8 Å². The molecule has 3 rings (SSSR count). The molecule has 2 aliphatic rings. The summed E-state index contributed by atoms with van der Waals surface area (Å²) in [5.41, 5.74) is 0.960. The van der Waals surface area contributed by atoms with Crippen LogP contribution in [-0.4, -0.2) is 25.8 Å². The van der Waals surface area contributed by atoms with Gasteiger partial charge in [0.25, 0.3) is 0 Å². The largest absolute Gasteiger partial charge is 0.454 e. The van der Waals surface area contributed by atoms with Crippen LogP contribution in [0.15, 0.2) is 18.2 Å². The quantitative estimate of drug-likeness (QED) is 0.849. The van der Waals surface area contributed by atoms with Gasteiger partial charge in [0.1, 0.15) is 0 Å². The fourth-order valence-corrected chi connectivity index (χ4v) is 2.60. The molecule has 1 saturated heterocycles. The maximum atomic E-state index is 12.1. The van der Waals surface area contributed by atoms with E-state index in [4.69, 9.17) is 9.47 Å². The van der Waals surface area contributed by atoms with Crippen LogP contribution in [0, 0.1) is 11.8 Å². The SMILES string of the molecule is CC1CNCC1C(=O)NCc1cccc2c1OCO2. The molecular weight excluding hydrogens is 244 g/mol. The van der Waals surface area contributed by atoms with Crippen molar-refractivity contribution >= 4 is 5.91 Å². The molecule has 0 aliphatic carbocycles. The number of para-hydroxylation sites is 1. The van der Waals surface area contributed by atoms with Gasteiger partial charge in [0.2, 0.25) is 12.7 Å². The fourth-order valence-electron chi connectivity index (χ4n) is 2.60. The molecule has 0 radical (unpaired) electrons. The predicted octanol–water partition coefficient (Wildman–Crippen LogP) is 0.887. The van der Waals surface area contributed by atoms with Gasteiger partial charge in [0.15, 0.2) is 11.5 Å². The van der Waals surface area contributed by atoms with Crippen LogP contribution in [0.5, 0.6) is 11.5 Å². The second-order valence-electron chi connectivity index (χ2n) is 5.11. The molecule has 2 unspecified atom stereocenters. The summed E-state index contributed by atoms with van der Waals surface area (Å²) in [6.45, 7) is 4.51. The number of hydrogen-bond acceptors (Lipinski definition) is 4. The highest BCUT2D eigenvalue weighted by atomic mass is 16.7. The van der Waals surface area contributed by atoms with Gasteiger partial charge >= 0.3 is 0 Å². The molecule has 2 atom stereocenters. The van der Waals surface area contributed by atoms with Gasteiger partial charge in [-0.05, 0) is 18.5 Å². The number of benzene rings is 1. The Hall–Kier alpha value is -1.75. The highest BCUT2D eigenvalue weighted by molar-refractivity contribution is 5.79. The number of ether oxygens (including phenoxy) is 2. The number of rotatable bonds is 3. The second-order valence-corrected chi connectivity index (χ2v) is 5.11. The van der Waals surface area contributed by atoms with Gasteiger partial charge in [-0.2, -0.15) is 0 Å². The zero-order valence-corrected chi connectivity index (χ0v) is 10.9. The van der Waals surface area contributed by atoms with E-state index in [0.717, 1.165) is 30.2 Å². The predicted molar refractivity (Wildman–Crippen MR) is 69.9 cm³/mol. The van der Waals surface area contributed by atoms with Crippen molar-refractivity contribution in [3.8, 4) is 11.5 Å². The smallest absolute Gasteiger partial charge is 0.231 e. The summed E-state index contributed by atoms with van der Waals surface area (Å²) < 4.78 is 10.7. The Morgan fingerprint density at radius 3 is 3.11 bits per heavy atom. The van der Waals surface area contributed by atoms with E-state index in [1.807, 2.05) is 18.2 Å². The molecule has 0 aromatic heterocycles. The Kier molecular flexibility index (Phi) is 3.29. The zero-order valence-electron chi connectivity index (χ0n) is 10.9. The molecule has 0 bridgehead atoms. The first kappa shape index (κ1) is 12.3. The van der Waals surface area contributed by atoms with Crippen molar-refractivity contribution in [1.29, 1.82) is 0 Å². The molecule has 102 valence electrons. The summed E-state index contributed by atoms with van der Waals surface area (Å²) in [4.78, 5) is 12.1. The van der Waals surface area contributed by atoms with Crippen LogP contribution in [0.1, 0.15) is 12.5 Å². The number of carbonyl (C=O) groups is 1. The van der Waals surface area contributed by atoms with Gasteiger partial charge in [-0.25, -0.2) is 0 Å². The van der Waals surface area contributed by atoms with Gasteiger partial charge in [-0.1, -0.05) is 19.1 Å². The van der Waals surface area contributed by atoms with Crippen molar-refractivity contribution in [3.63, 3.8) is 0 Å². The van der Waals surface area contributed by atoms with Crippen LogP contribution in [-0.2, 0) is 11.3 Å². The molecule has 5 heteroatoms. The van der Waals surface area contributed by atoms with Gasteiger partial charge in [0, 0.05) is 18.7 Å². The molecule has 2 N–H and O–H groups in total. The molecule has 1 fully saturated rings.